The van der Waals surface area contributed by atoms with Crippen LogP contribution in [-0.4, -0.2) is 33.9 Å². The first-order valence-corrected chi connectivity index (χ1v) is 4.54. The summed E-state index contributed by atoms with van der Waals surface area (Å²) in [5.74, 6) is -2.57. The molecular weight excluding hydrogens is 220 g/mol. The van der Waals surface area contributed by atoms with Crippen LogP contribution in [0.2, 0.25) is 0 Å². The average molecular weight is 233 g/mol. The molecule has 7 heteroatoms. The second kappa shape index (κ2) is 4.58. The second-order valence-electron chi connectivity index (χ2n) is 3.69. The summed E-state index contributed by atoms with van der Waals surface area (Å²) in [4.78, 5) is 3.43. The first kappa shape index (κ1) is 12.6. The molecule has 1 rings (SSSR count). The summed E-state index contributed by atoms with van der Waals surface area (Å²) in [5, 5.41) is 20.6. The van der Waals surface area contributed by atoms with E-state index in [2.05, 4.69) is 10.3 Å². The number of nitrogens with one attached hydrogen (secondary N) is 1. The van der Waals surface area contributed by atoms with Gasteiger partial charge in [0.15, 0.2) is 23.3 Å². The van der Waals surface area contributed by atoms with Crippen molar-refractivity contribution in [3.8, 4) is 0 Å². The lowest BCUT2D eigenvalue weighted by atomic mass is 10.1. The molecule has 0 saturated heterocycles. The maximum atomic E-state index is 13.1. The molecule has 1 aromatic rings. The number of nitrogens with two attached hydrogens (primary N) is 1. The Bertz CT molecular complexity index is 385. The summed E-state index contributed by atoms with van der Waals surface area (Å²) >= 11 is 0. The van der Waals surface area contributed by atoms with Gasteiger partial charge < -0.3 is 21.3 Å². The quantitative estimate of drug-likeness (QED) is 0.592. The molecule has 1 unspecified atom stereocenters. The van der Waals surface area contributed by atoms with Gasteiger partial charge in [-0.1, -0.05) is 0 Å². The minimum absolute atomic E-state index is 0.140. The third kappa shape index (κ3) is 3.01. The first-order valence-electron chi connectivity index (χ1n) is 4.54. The van der Waals surface area contributed by atoms with E-state index < -0.39 is 29.7 Å². The van der Waals surface area contributed by atoms with Crippen molar-refractivity contribution in [1.82, 2.24) is 4.98 Å². The smallest absolute Gasteiger partial charge is 0.168 e. The van der Waals surface area contributed by atoms with E-state index in [1.807, 2.05) is 0 Å². The molecule has 5 N–H and O–H groups in total. The van der Waals surface area contributed by atoms with E-state index in [1.165, 1.54) is 6.92 Å². The van der Waals surface area contributed by atoms with Crippen LogP contribution in [0.25, 0.3) is 0 Å². The Hall–Kier alpha value is -1.47. The number of aliphatic hydroxyl groups excluding tert-OH is 1. The zero-order valence-electron chi connectivity index (χ0n) is 8.67. The molecule has 1 atom stereocenters. The molecule has 0 radical (unpaired) electrons. The molecule has 1 heterocycles. The SMILES string of the molecule is CC(O)(CO)CNc1nc(N)c(F)cc1F. The van der Waals surface area contributed by atoms with Gasteiger partial charge in [0.1, 0.15) is 5.60 Å². The first-order chi connectivity index (χ1) is 7.35. The van der Waals surface area contributed by atoms with Crippen LogP contribution in [0.1, 0.15) is 6.92 Å². The van der Waals surface area contributed by atoms with E-state index >= 15 is 0 Å². The van der Waals surface area contributed by atoms with Crippen LogP contribution >= 0.6 is 0 Å². The highest BCUT2D eigenvalue weighted by atomic mass is 19.1. The van der Waals surface area contributed by atoms with Crippen LogP contribution in [0.15, 0.2) is 6.07 Å². The second-order valence-corrected chi connectivity index (χ2v) is 3.69. The predicted octanol–water partition coefficient (Wildman–Crippen LogP) is 0.0972. The fourth-order valence-electron chi connectivity index (χ4n) is 0.935. The lowest BCUT2D eigenvalue weighted by Crippen LogP contribution is -2.37. The monoisotopic (exact) mass is 233 g/mol. The van der Waals surface area contributed by atoms with E-state index in [9.17, 15) is 13.9 Å². The van der Waals surface area contributed by atoms with Crippen molar-refractivity contribution in [2.45, 2.75) is 12.5 Å². The Morgan fingerprint density at radius 1 is 1.50 bits per heavy atom. The Labute approximate surface area is 90.9 Å². The molecule has 0 aliphatic rings. The molecule has 90 valence electrons. The van der Waals surface area contributed by atoms with Crippen molar-refractivity contribution in [3.63, 3.8) is 0 Å². The topological polar surface area (TPSA) is 91.4 Å². The molecule has 0 saturated carbocycles. The molecule has 0 spiro atoms. The van der Waals surface area contributed by atoms with E-state index in [0.717, 1.165) is 0 Å². The number of rotatable bonds is 4. The van der Waals surface area contributed by atoms with Gasteiger partial charge in [0.2, 0.25) is 0 Å². The van der Waals surface area contributed by atoms with Crippen molar-refractivity contribution >= 4 is 11.6 Å². The normalized spacial score (nSPS) is 14.6. The predicted molar refractivity (Wildman–Crippen MR) is 54.8 cm³/mol. The lowest BCUT2D eigenvalue weighted by molar-refractivity contribution is 0.0131. The number of nitrogens with zero attached hydrogens (tertiary/aromatic N) is 1. The number of anilines is 2. The number of hydrogen-bond donors (Lipinski definition) is 4. The lowest BCUT2D eigenvalue weighted by Gasteiger charge is -2.21. The maximum absolute atomic E-state index is 13.1. The fraction of sp³-hybridized carbons (Fsp3) is 0.444. The number of pyridine rings is 1. The molecule has 0 aromatic carbocycles. The van der Waals surface area contributed by atoms with Crippen LogP contribution in [0.3, 0.4) is 0 Å². The van der Waals surface area contributed by atoms with Gasteiger partial charge in [0, 0.05) is 12.6 Å². The van der Waals surface area contributed by atoms with Crippen molar-refractivity contribution in [3.05, 3.63) is 17.7 Å². The highest BCUT2D eigenvalue weighted by Gasteiger charge is 2.20. The Morgan fingerprint density at radius 2 is 2.12 bits per heavy atom. The minimum atomic E-state index is -1.42. The third-order valence-electron chi connectivity index (χ3n) is 1.93. The number of aromatic nitrogens is 1. The summed E-state index contributed by atoms with van der Waals surface area (Å²) in [6.07, 6.45) is 0. The van der Waals surface area contributed by atoms with Gasteiger partial charge in [-0.05, 0) is 6.92 Å². The number of halogens is 2. The van der Waals surface area contributed by atoms with Gasteiger partial charge >= 0.3 is 0 Å². The molecule has 0 aliphatic heterocycles. The van der Waals surface area contributed by atoms with Gasteiger partial charge in [-0.3, -0.25) is 0 Å². The highest BCUT2D eigenvalue weighted by Crippen LogP contribution is 2.17. The van der Waals surface area contributed by atoms with Gasteiger partial charge in [0.25, 0.3) is 0 Å². The van der Waals surface area contributed by atoms with Crippen molar-refractivity contribution in [1.29, 1.82) is 0 Å². The van der Waals surface area contributed by atoms with Crippen molar-refractivity contribution in [2.24, 2.45) is 0 Å². The minimum Gasteiger partial charge on any atom is -0.393 e. The Morgan fingerprint density at radius 3 is 2.69 bits per heavy atom. The molecule has 0 bridgehead atoms. The van der Waals surface area contributed by atoms with Crippen molar-refractivity contribution < 1.29 is 19.0 Å². The van der Waals surface area contributed by atoms with Gasteiger partial charge in [-0.25, -0.2) is 13.8 Å². The van der Waals surface area contributed by atoms with E-state index in [0.29, 0.717) is 6.07 Å². The summed E-state index contributed by atoms with van der Waals surface area (Å²) < 4.78 is 25.9. The standard InChI is InChI=1S/C9H13F2N3O2/c1-9(16,4-15)3-13-8-6(11)2-5(10)7(12)14-8/h2,15-16H,3-4H2,1H3,(H3,12,13,14). The van der Waals surface area contributed by atoms with Crippen LogP contribution < -0.4 is 11.1 Å². The summed E-state index contributed by atoms with van der Waals surface area (Å²) in [6, 6.07) is 0.596. The van der Waals surface area contributed by atoms with E-state index in [4.69, 9.17) is 10.8 Å². The van der Waals surface area contributed by atoms with E-state index in [1.54, 1.807) is 0 Å². The molecule has 16 heavy (non-hydrogen) atoms. The van der Waals surface area contributed by atoms with Crippen LogP contribution in [0.4, 0.5) is 20.4 Å². The average Bonchev–Trinajstić information content (AvgIpc) is 2.22. The van der Waals surface area contributed by atoms with Gasteiger partial charge in [-0.2, -0.15) is 0 Å². The molecule has 1 aromatic heterocycles. The molecule has 0 fully saturated rings. The van der Waals surface area contributed by atoms with Crippen molar-refractivity contribution in [2.75, 3.05) is 24.2 Å². The van der Waals surface area contributed by atoms with Crippen LogP contribution in [0.5, 0.6) is 0 Å². The zero-order chi connectivity index (χ0) is 12.3. The number of hydrogen-bond acceptors (Lipinski definition) is 5. The van der Waals surface area contributed by atoms with Gasteiger partial charge in [-0.15, -0.1) is 0 Å². The number of aliphatic hydroxyl groups is 2. The number of nitrogen functional groups attached to an aromatic ring is 1. The molecular formula is C9H13F2N3O2. The zero-order valence-corrected chi connectivity index (χ0v) is 8.67. The summed E-state index contributed by atoms with van der Waals surface area (Å²) in [5.41, 5.74) is 3.74. The maximum Gasteiger partial charge on any atom is 0.168 e. The van der Waals surface area contributed by atoms with E-state index in [-0.39, 0.29) is 12.4 Å². The van der Waals surface area contributed by atoms with Crippen LogP contribution in [0, 0.1) is 11.6 Å². The van der Waals surface area contributed by atoms with Crippen LogP contribution in [-0.2, 0) is 0 Å². The highest BCUT2D eigenvalue weighted by molar-refractivity contribution is 5.45. The molecule has 5 nitrogen and oxygen atoms in total. The Balaban J connectivity index is 2.79. The molecule has 0 aliphatic carbocycles. The molecule has 0 amide bonds. The summed E-state index contributed by atoms with van der Waals surface area (Å²) in [7, 11) is 0. The third-order valence-corrected chi connectivity index (χ3v) is 1.93. The fourth-order valence-corrected chi connectivity index (χ4v) is 0.935. The summed E-state index contributed by atoms with van der Waals surface area (Å²) in [6.45, 7) is 0.710. The largest absolute Gasteiger partial charge is 0.393 e. The Kier molecular flexibility index (Phi) is 3.61. The van der Waals surface area contributed by atoms with Gasteiger partial charge in [0.05, 0.1) is 6.61 Å².